The van der Waals surface area contributed by atoms with Crippen molar-refractivity contribution in [2.45, 2.75) is 82.4 Å². The minimum absolute atomic E-state index is 0.149. The number of quaternary nitrogens is 1. The highest BCUT2D eigenvalue weighted by atomic mass is 19.4. The quantitative estimate of drug-likeness (QED) is 0.140. The van der Waals surface area contributed by atoms with Crippen molar-refractivity contribution in [3.05, 3.63) is 0 Å². The number of hydrogen-bond donors (Lipinski definition) is 2. The van der Waals surface area contributed by atoms with Crippen molar-refractivity contribution < 1.29 is 58.3 Å². The molecule has 0 spiro atoms. The molecule has 0 aliphatic heterocycles. The fourth-order valence-electron chi connectivity index (χ4n) is 3.22. The molecule has 0 aliphatic carbocycles. The molecule has 1 amide bonds. The van der Waals surface area contributed by atoms with E-state index < -0.39 is 61.3 Å². The predicted molar refractivity (Wildman–Crippen MR) is 122 cm³/mol. The van der Waals surface area contributed by atoms with Gasteiger partial charge in [0.15, 0.2) is 0 Å². The Labute approximate surface area is 217 Å². The summed E-state index contributed by atoms with van der Waals surface area (Å²) >= 11 is 0. The number of ether oxygens (including phenoxy) is 1. The number of nitrogens with zero attached hydrogens (tertiary/aromatic N) is 1. The molecule has 38 heavy (non-hydrogen) atoms. The van der Waals surface area contributed by atoms with Gasteiger partial charge in [-0.25, -0.2) is 0 Å². The lowest BCUT2D eigenvalue weighted by Crippen LogP contribution is -2.61. The summed E-state index contributed by atoms with van der Waals surface area (Å²) < 4.78 is 122. The number of halogens is 9. The molecular formula is C23H39F9N3O3+. The minimum Gasteiger partial charge on any atom is -0.464 e. The van der Waals surface area contributed by atoms with E-state index >= 15 is 0 Å². The van der Waals surface area contributed by atoms with E-state index in [-0.39, 0.29) is 12.5 Å². The van der Waals surface area contributed by atoms with Gasteiger partial charge in [-0.15, -0.1) is 0 Å². The molecule has 0 rings (SSSR count). The molecule has 6 nitrogen and oxygen atoms in total. The van der Waals surface area contributed by atoms with E-state index in [1.165, 1.54) is 0 Å². The summed E-state index contributed by atoms with van der Waals surface area (Å²) in [5, 5.41) is 5.38. The summed E-state index contributed by atoms with van der Waals surface area (Å²) in [6.07, 6.45) is -6.16. The summed E-state index contributed by atoms with van der Waals surface area (Å²) in [7, 11) is 5.46. The molecule has 2 atom stereocenters. The normalized spacial score (nSPS) is 15.2. The number of rotatable bonds is 18. The number of likely N-dealkylation sites (N-methyl/N-ethyl adjacent to an activating group) is 1. The number of alkyl halides is 9. The van der Waals surface area contributed by atoms with Crippen LogP contribution >= 0.6 is 0 Å². The first-order valence-corrected chi connectivity index (χ1v) is 12.3. The maximum absolute atomic E-state index is 13.7. The molecule has 0 aliphatic rings. The molecule has 0 aromatic heterocycles. The Morgan fingerprint density at radius 2 is 1.50 bits per heavy atom. The van der Waals surface area contributed by atoms with Crippen LogP contribution in [0.1, 0.15) is 52.4 Å². The number of hydrogen-bond acceptors (Lipinski definition) is 4. The van der Waals surface area contributed by atoms with Gasteiger partial charge in [0, 0.05) is 13.1 Å². The van der Waals surface area contributed by atoms with Gasteiger partial charge in [0.2, 0.25) is 5.91 Å². The molecule has 0 aromatic rings. The first-order valence-electron chi connectivity index (χ1n) is 12.3. The van der Waals surface area contributed by atoms with Gasteiger partial charge in [0.05, 0.1) is 47.1 Å². The Hall–Kier alpha value is -1.77. The smallest absolute Gasteiger partial charge is 0.460 e. The Morgan fingerprint density at radius 1 is 0.921 bits per heavy atom. The topological polar surface area (TPSA) is 67.4 Å². The summed E-state index contributed by atoms with van der Waals surface area (Å²) in [4.78, 5) is 24.8. The maximum Gasteiger partial charge on any atom is 0.460 e. The van der Waals surface area contributed by atoms with Gasteiger partial charge >= 0.3 is 29.9 Å². The molecule has 2 N–H and O–H groups in total. The average Bonchev–Trinajstić information content (AvgIpc) is 2.76. The van der Waals surface area contributed by atoms with Gasteiger partial charge in [-0.3, -0.25) is 14.9 Å². The fourth-order valence-corrected chi connectivity index (χ4v) is 3.22. The highest BCUT2D eigenvalue weighted by molar-refractivity contribution is 5.85. The monoisotopic (exact) mass is 576 g/mol. The highest BCUT2D eigenvalue weighted by Gasteiger charge is 2.81. The second kappa shape index (κ2) is 14.6. The lowest BCUT2D eigenvalue weighted by Gasteiger charge is -2.33. The third-order valence-electron chi connectivity index (χ3n) is 5.85. The minimum atomic E-state index is -7.02. The standard InChI is InChI=1S/C23H38F9N3O3/c1-6-8-9-16(7-2)15-34-18(36)14-17(33-11-12-35(3,4)5)19(37)38-13-10-20(24,25)21(26,27)22(28,29)23(30,31)32/h16-17,33H,6-15H2,1-5H3/p+1. The first-order chi connectivity index (χ1) is 17.1. The van der Waals surface area contributed by atoms with Gasteiger partial charge in [0.1, 0.15) is 6.04 Å². The largest absolute Gasteiger partial charge is 0.464 e. The van der Waals surface area contributed by atoms with Gasteiger partial charge in [-0.2, -0.15) is 39.5 Å². The van der Waals surface area contributed by atoms with E-state index in [9.17, 15) is 49.1 Å². The van der Waals surface area contributed by atoms with Gasteiger partial charge in [-0.05, 0) is 12.3 Å². The number of unbranched alkanes of at least 4 members (excludes halogenated alkanes) is 1. The number of nitrogens with one attached hydrogen (secondary N) is 2. The molecule has 0 heterocycles. The zero-order valence-electron chi connectivity index (χ0n) is 22.3. The van der Waals surface area contributed by atoms with Gasteiger partial charge < -0.3 is 14.5 Å². The molecule has 0 saturated carbocycles. The zero-order chi connectivity index (χ0) is 30.0. The molecule has 15 heteroatoms. The van der Waals surface area contributed by atoms with Crippen molar-refractivity contribution in [2.24, 2.45) is 5.92 Å². The fraction of sp³-hybridized carbons (Fsp3) is 0.913. The number of carbonyl (C=O) groups excluding carboxylic acids is 2. The first kappa shape index (κ1) is 36.2. The third-order valence-corrected chi connectivity index (χ3v) is 5.85. The second-order valence-corrected chi connectivity index (χ2v) is 10.2. The van der Waals surface area contributed by atoms with Crippen molar-refractivity contribution in [3.63, 3.8) is 0 Å². The van der Waals surface area contributed by atoms with Crippen molar-refractivity contribution in [2.75, 3.05) is 47.4 Å². The van der Waals surface area contributed by atoms with Crippen molar-refractivity contribution in [3.8, 4) is 0 Å². The Morgan fingerprint density at radius 3 is 1.97 bits per heavy atom. The van der Waals surface area contributed by atoms with Crippen molar-refractivity contribution >= 4 is 11.9 Å². The van der Waals surface area contributed by atoms with E-state index in [2.05, 4.69) is 15.4 Å². The van der Waals surface area contributed by atoms with Gasteiger partial charge in [-0.1, -0.05) is 33.1 Å². The summed E-state index contributed by atoms with van der Waals surface area (Å²) in [6.45, 7) is 3.29. The molecule has 0 bridgehead atoms. The maximum atomic E-state index is 13.7. The molecule has 0 saturated heterocycles. The number of amides is 1. The Kier molecular flexibility index (Phi) is 13.9. The van der Waals surface area contributed by atoms with Crippen LogP contribution < -0.4 is 10.6 Å². The highest BCUT2D eigenvalue weighted by Crippen LogP contribution is 2.53. The van der Waals surface area contributed by atoms with Crippen LogP contribution in [-0.4, -0.2) is 93.7 Å². The summed E-state index contributed by atoms with van der Waals surface area (Å²) in [5.41, 5.74) is 0. The summed E-state index contributed by atoms with van der Waals surface area (Å²) in [6, 6.07) is -1.40. The lowest BCUT2D eigenvalue weighted by atomic mass is 9.99. The third kappa shape index (κ3) is 11.1. The van der Waals surface area contributed by atoms with Crippen LogP contribution in [0.4, 0.5) is 39.5 Å². The van der Waals surface area contributed by atoms with Crippen LogP contribution in [0.5, 0.6) is 0 Å². The SMILES string of the molecule is CCCCC(CC)CNC(=O)CC(NCC[N+](C)(C)C)C(=O)OCCC(F)(F)C(F)(F)C(F)(F)C(F)(F)F. The average molecular weight is 577 g/mol. The molecule has 226 valence electrons. The molecule has 2 unspecified atom stereocenters. The van der Waals surface area contributed by atoms with Crippen LogP contribution in [0, 0.1) is 5.92 Å². The number of esters is 1. The summed E-state index contributed by atoms with van der Waals surface area (Å²) in [5.74, 6) is -21.4. The molecule has 0 radical (unpaired) electrons. The van der Waals surface area contributed by atoms with Crippen LogP contribution in [0.25, 0.3) is 0 Å². The Balaban J connectivity index is 5.27. The zero-order valence-corrected chi connectivity index (χ0v) is 22.3. The Bertz CT molecular complexity index is 742. The molecule has 0 aromatic carbocycles. The van der Waals surface area contributed by atoms with E-state index in [1.807, 2.05) is 35.0 Å². The predicted octanol–water partition coefficient (Wildman–Crippen LogP) is 4.78. The van der Waals surface area contributed by atoms with Crippen LogP contribution in [-0.2, 0) is 14.3 Å². The van der Waals surface area contributed by atoms with E-state index in [0.29, 0.717) is 17.6 Å². The van der Waals surface area contributed by atoms with Gasteiger partial charge in [0.25, 0.3) is 0 Å². The van der Waals surface area contributed by atoms with Crippen molar-refractivity contribution in [1.29, 1.82) is 0 Å². The lowest BCUT2D eigenvalue weighted by molar-refractivity contribution is -0.869. The molecular weight excluding hydrogens is 537 g/mol. The van der Waals surface area contributed by atoms with E-state index in [1.54, 1.807) is 0 Å². The second-order valence-electron chi connectivity index (χ2n) is 10.2. The van der Waals surface area contributed by atoms with E-state index in [0.717, 1.165) is 25.7 Å². The van der Waals surface area contributed by atoms with Crippen LogP contribution in [0.2, 0.25) is 0 Å². The van der Waals surface area contributed by atoms with Crippen LogP contribution in [0.15, 0.2) is 0 Å². The van der Waals surface area contributed by atoms with Crippen LogP contribution in [0.3, 0.4) is 0 Å². The number of carbonyl (C=O) groups is 2. The van der Waals surface area contributed by atoms with Crippen molar-refractivity contribution in [1.82, 2.24) is 10.6 Å². The van der Waals surface area contributed by atoms with E-state index in [4.69, 9.17) is 0 Å². The molecule has 0 fully saturated rings.